The number of hydrogen-bond donors (Lipinski definition) is 1. The quantitative estimate of drug-likeness (QED) is 0.748. The van der Waals surface area contributed by atoms with Gasteiger partial charge in [-0.2, -0.15) is 5.26 Å². The lowest BCUT2D eigenvalue weighted by Crippen LogP contribution is -2.26. The summed E-state index contributed by atoms with van der Waals surface area (Å²) in [5.41, 5.74) is 4.84. The lowest BCUT2D eigenvalue weighted by molar-refractivity contribution is 0.102. The highest BCUT2D eigenvalue weighted by Crippen LogP contribution is 2.44. The van der Waals surface area contributed by atoms with Gasteiger partial charge in [-0.05, 0) is 62.1 Å². The molecule has 4 heteroatoms. The molecule has 0 saturated carbocycles. The number of thiophene rings is 1. The first-order valence-corrected chi connectivity index (χ1v) is 9.95. The average molecular weight is 367 g/mol. The molecule has 1 atom stereocenters. The Labute approximate surface area is 160 Å². The molecule has 0 aliphatic heterocycles. The van der Waals surface area contributed by atoms with Crippen molar-refractivity contribution in [1.29, 1.82) is 5.26 Å². The summed E-state index contributed by atoms with van der Waals surface area (Å²) in [6, 6.07) is 8.16. The van der Waals surface area contributed by atoms with Gasteiger partial charge in [0.15, 0.2) is 0 Å². The van der Waals surface area contributed by atoms with Gasteiger partial charge in [0.1, 0.15) is 11.1 Å². The highest BCUT2D eigenvalue weighted by Gasteiger charge is 2.32. The van der Waals surface area contributed by atoms with E-state index in [-0.39, 0.29) is 11.3 Å². The smallest absolute Gasteiger partial charge is 0.256 e. The summed E-state index contributed by atoms with van der Waals surface area (Å²) in [5.74, 6) is 0.474. The van der Waals surface area contributed by atoms with Crippen LogP contribution >= 0.6 is 11.3 Å². The molecule has 0 bridgehead atoms. The zero-order valence-corrected chi connectivity index (χ0v) is 17.0. The Kier molecular flexibility index (Phi) is 4.94. The molecule has 1 aliphatic rings. The van der Waals surface area contributed by atoms with Gasteiger partial charge >= 0.3 is 0 Å². The van der Waals surface area contributed by atoms with Crippen LogP contribution < -0.4 is 5.32 Å². The molecule has 1 N–H and O–H groups in total. The van der Waals surface area contributed by atoms with Gasteiger partial charge in [0.2, 0.25) is 0 Å². The summed E-state index contributed by atoms with van der Waals surface area (Å²) in [6.07, 6.45) is 3.03. The average Bonchev–Trinajstić information content (AvgIpc) is 2.89. The van der Waals surface area contributed by atoms with Crippen LogP contribution in [0.4, 0.5) is 5.00 Å². The number of nitriles is 1. The number of aryl methyl sites for hydroxylation is 2. The standard InChI is InChI=1S/C22H26N2OS/c1-13-8-14(2)10-15(9-13)20(25)24-21-18(12-23)17-7-6-16(22(3,4)5)11-19(17)26-21/h8-10,16H,6-7,11H2,1-5H3,(H,24,25). The fraction of sp³-hybridized carbons (Fsp3) is 0.455. The molecule has 1 aliphatic carbocycles. The van der Waals surface area contributed by atoms with Crippen LogP contribution in [0, 0.1) is 36.5 Å². The van der Waals surface area contributed by atoms with Gasteiger partial charge in [-0.25, -0.2) is 0 Å². The zero-order chi connectivity index (χ0) is 19.1. The number of nitrogens with one attached hydrogen (secondary N) is 1. The number of hydrogen-bond acceptors (Lipinski definition) is 3. The van der Waals surface area contributed by atoms with Crippen molar-refractivity contribution in [1.82, 2.24) is 0 Å². The van der Waals surface area contributed by atoms with Crippen molar-refractivity contribution in [3.8, 4) is 6.07 Å². The Morgan fingerprint density at radius 1 is 1.23 bits per heavy atom. The third-order valence-corrected chi connectivity index (χ3v) is 6.48. The number of rotatable bonds is 2. The highest BCUT2D eigenvalue weighted by atomic mass is 32.1. The summed E-state index contributed by atoms with van der Waals surface area (Å²) in [5, 5.41) is 13.4. The van der Waals surface area contributed by atoms with E-state index in [1.54, 1.807) is 11.3 Å². The maximum Gasteiger partial charge on any atom is 0.256 e. The zero-order valence-electron chi connectivity index (χ0n) is 16.2. The molecular formula is C22H26N2OS. The predicted molar refractivity (Wildman–Crippen MR) is 108 cm³/mol. The topological polar surface area (TPSA) is 52.9 Å². The molecule has 0 saturated heterocycles. The van der Waals surface area contributed by atoms with Gasteiger partial charge in [-0.3, -0.25) is 4.79 Å². The van der Waals surface area contributed by atoms with Crippen LogP contribution in [0.25, 0.3) is 0 Å². The van der Waals surface area contributed by atoms with Crippen LogP contribution in [0.2, 0.25) is 0 Å². The second-order valence-corrected chi connectivity index (χ2v) is 9.56. The predicted octanol–water partition coefficient (Wildman–Crippen LogP) is 5.64. The summed E-state index contributed by atoms with van der Waals surface area (Å²) < 4.78 is 0. The first kappa shape index (κ1) is 18.7. The largest absolute Gasteiger partial charge is 0.312 e. The van der Waals surface area contributed by atoms with E-state index in [1.165, 1.54) is 4.88 Å². The Hall–Kier alpha value is -2.12. The van der Waals surface area contributed by atoms with Gasteiger partial charge in [0.05, 0.1) is 5.56 Å². The molecule has 1 heterocycles. The Bertz CT molecular complexity index is 876. The number of benzene rings is 1. The molecular weight excluding hydrogens is 340 g/mol. The maximum absolute atomic E-state index is 12.7. The second-order valence-electron chi connectivity index (χ2n) is 8.46. The monoisotopic (exact) mass is 366 g/mol. The molecule has 1 amide bonds. The van der Waals surface area contributed by atoms with Crippen LogP contribution in [-0.4, -0.2) is 5.91 Å². The summed E-state index contributed by atoms with van der Waals surface area (Å²) in [6.45, 7) is 10.8. The molecule has 3 rings (SSSR count). The van der Waals surface area contributed by atoms with Crippen LogP contribution in [-0.2, 0) is 12.8 Å². The van der Waals surface area contributed by atoms with E-state index in [2.05, 4.69) is 32.2 Å². The Balaban J connectivity index is 1.89. The van der Waals surface area contributed by atoms with Crippen LogP contribution in [0.3, 0.4) is 0 Å². The summed E-state index contributed by atoms with van der Waals surface area (Å²) in [4.78, 5) is 14.0. The lowest BCUT2D eigenvalue weighted by Gasteiger charge is -2.33. The SMILES string of the molecule is Cc1cc(C)cc(C(=O)Nc2sc3c(c2C#N)CCC(C(C)(C)C)C3)c1. The first-order chi connectivity index (χ1) is 12.2. The molecule has 26 heavy (non-hydrogen) atoms. The Morgan fingerprint density at radius 2 is 1.88 bits per heavy atom. The van der Waals surface area contributed by atoms with Gasteiger partial charge < -0.3 is 5.32 Å². The van der Waals surface area contributed by atoms with Gasteiger partial charge in [-0.1, -0.05) is 38.0 Å². The van der Waals surface area contributed by atoms with Crippen molar-refractivity contribution in [3.05, 3.63) is 50.9 Å². The van der Waals surface area contributed by atoms with Crippen molar-refractivity contribution < 1.29 is 4.79 Å². The minimum atomic E-state index is -0.140. The molecule has 0 radical (unpaired) electrons. The van der Waals surface area contributed by atoms with E-state index in [4.69, 9.17) is 0 Å². The number of amides is 1. The van der Waals surface area contributed by atoms with Crippen molar-refractivity contribution >= 4 is 22.2 Å². The lowest BCUT2D eigenvalue weighted by atomic mass is 9.72. The van der Waals surface area contributed by atoms with Crippen molar-refractivity contribution in [3.63, 3.8) is 0 Å². The van der Waals surface area contributed by atoms with E-state index >= 15 is 0 Å². The normalized spacial score (nSPS) is 16.7. The number of carbonyl (C=O) groups excluding carboxylic acids is 1. The summed E-state index contributed by atoms with van der Waals surface area (Å²) >= 11 is 1.58. The molecule has 1 aromatic carbocycles. The van der Waals surface area contributed by atoms with Crippen molar-refractivity contribution in [2.45, 2.75) is 53.9 Å². The van der Waals surface area contributed by atoms with Crippen molar-refractivity contribution in [2.24, 2.45) is 11.3 Å². The highest BCUT2D eigenvalue weighted by molar-refractivity contribution is 7.16. The van der Waals surface area contributed by atoms with Gasteiger partial charge in [-0.15, -0.1) is 11.3 Å². The third-order valence-electron chi connectivity index (χ3n) is 5.31. The molecule has 3 nitrogen and oxygen atoms in total. The molecule has 136 valence electrons. The van der Waals surface area contributed by atoms with E-state index in [0.717, 1.165) is 36.0 Å². The Morgan fingerprint density at radius 3 is 2.46 bits per heavy atom. The van der Waals surface area contributed by atoms with E-state index < -0.39 is 0 Å². The molecule has 1 aromatic heterocycles. The maximum atomic E-state index is 12.7. The molecule has 1 unspecified atom stereocenters. The van der Waals surface area contributed by atoms with Gasteiger partial charge in [0, 0.05) is 10.4 Å². The van der Waals surface area contributed by atoms with Crippen molar-refractivity contribution in [2.75, 3.05) is 5.32 Å². The molecule has 0 fully saturated rings. The van der Waals surface area contributed by atoms with Crippen LogP contribution in [0.1, 0.15) is 64.7 Å². The van der Waals surface area contributed by atoms with E-state index in [0.29, 0.717) is 22.0 Å². The number of fused-ring (bicyclic) bond motifs is 1. The van der Waals surface area contributed by atoms with Crippen LogP contribution in [0.15, 0.2) is 18.2 Å². The second kappa shape index (κ2) is 6.89. The van der Waals surface area contributed by atoms with E-state index in [9.17, 15) is 10.1 Å². The van der Waals surface area contributed by atoms with Gasteiger partial charge in [0.25, 0.3) is 5.91 Å². The number of nitrogens with zero attached hydrogens (tertiary/aromatic N) is 1. The molecule has 2 aromatic rings. The minimum absolute atomic E-state index is 0.140. The summed E-state index contributed by atoms with van der Waals surface area (Å²) in [7, 11) is 0. The van der Waals surface area contributed by atoms with Crippen LogP contribution in [0.5, 0.6) is 0 Å². The fourth-order valence-corrected chi connectivity index (χ4v) is 5.09. The minimum Gasteiger partial charge on any atom is -0.312 e. The molecule has 0 spiro atoms. The first-order valence-electron chi connectivity index (χ1n) is 9.13. The van der Waals surface area contributed by atoms with E-state index in [1.807, 2.05) is 32.0 Å². The third kappa shape index (κ3) is 3.68. The number of anilines is 1. The fourth-order valence-electron chi connectivity index (χ4n) is 3.81. The number of carbonyl (C=O) groups is 1.